The van der Waals surface area contributed by atoms with Crippen molar-refractivity contribution in [3.05, 3.63) is 106 Å². The van der Waals surface area contributed by atoms with Gasteiger partial charge in [0, 0.05) is 21.7 Å². The molecule has 3 aromatic carbocycles. The Balaban J connectivity index is 1.68. The van der Waals surface area contributed by atoms with Crippen LogP contribution in [-0.2, 0) is 9.53 Å². The largest absolute Gasteiger partial charge is 0.503 e. The van der Waals surface area contributed by atoms with E-state index in [9.17, 15) is 19.5 Å². The Morgan fingerprint density at radius 3 is 2.54 bits per heavy atom. The Morgan fingerprint density at radius 1 is 1.00 bits per heavy atom. The molecule has 37 heavy (non-hydrogen) atoms. The van der Waals surface area contributed by atoms with Crippen LogP contribution in [0.2, 0.25) is 5.02 Å². The van der Waals surface area contributed by atoms with Crippen LogP contribution in [0.15, 0.2) is 88.5 Å². The van der Waals surface area contributed by atoms with E-state index >= 15 is 0 Å². The molecule has 1 aromatic heterocycles. The van der Waals surface area contributed by atoms with Crippen molar-refractivity contribution in [2.75, 3.05) is 19.1 Å². The lowest BCUT2D eigenvalue weighted by atomic mass is 9.94. The first kappa shape index (κ1) is 24.1. The highest BCUT2D eigenvalue weighted by atomic mass is 35.5. The van der Waals surface area contributed by atoms with Crippen molar-refractivity contribution >= 4 is 45.9 Å². The van der Waals surface area contributed by atoms with E-state index in [-0.39, 0.29) is 22.6 Å². The predicted molar refractivity (Wildman–Crippen MR) is 136 cm³/mol. The van der Waals surface area contributed by atoms with Crippen LogP contribution in [0, 0.1) is 0 Å². The van der Waals surface area contributed by atoms with E-state index in [2.05, 4.69) is 0 Å². The average molecular weight is 518 g/mol. The molecule has 8 nitrogen and oxygen atoms in total. The SMILES string of the molecule is COC(=O)c1cccc(N2C(=O)C(O)=C(C(=O)c3cc4cc(Cl)ccc4o3)C2c2ccccc2OC)c1. The highest BCUT2D eigenvalue weighted by Crippen LogP contribution is 2.45. The Morgan fingerprint density at radius 2 is 1.78 bits per heavy atom. The van der Waals surface area contributed by atoms with Crippen molar-refractivity contribution in [2.24, 2.45) is 0 Å². The third-order valence-electron chi connectivity index (χ3n) is 6.13. The van der Waals surface area contributed by atoms with Gasteiger partial charge >= 0.3 is 5.97 Å². The van der Waals surface area contributed by atoms with Crippen molar-refractivity contribution in [3.63, 3.8) is 0 Å². The number of methoxy groups -OCH3 is 2. The molecule has 0 fully saturated rings. The van der Waals surface area contributed by atoms with Gasteiger partial charge in [-0.05, 0) is 48.5 Å². The number of ketones is 1. The summed E-state index contributed by atoms with van der Waals surface area (Å²) in [6.07, 6.45) is 0. The maximum atomic E-state index is 13.8. The van der Waals surface area contributed by atoms with Crippen LogP contribution in [0.4, 0.5) is 5.69 Å². The number of hydrogen-bond acceptors (Lipinski definition) is 7. The van der Waals surface area contributed by atoms with E-state index in [4.69, 9.17) is 25.5 Å². The second-order valence-corrected chi connectivity index (χ2v) is 8.68. The minimum atomic E-state index is -1.08. The van der Waals surface area contributed by atoms with E-state index in [1.165, 1.54) is 37.3 Å². The number of fused-ring (bicyclic) bond motifs is 1. The van der Waals surface area contributed by atoms with Crippen LogP contribution in [0.5, 0.6) is 5.75 Å². The summed E-state index contributed by atoms with van der Waals surface area (Å²) in [4.78, 5) is 40.7. The highest BCUT2D eigenvalue weighted by Gasteiger charge is 2.46. The number of halogens is 1. The number of aliphatic hydroxyl groups is 1. The lowest BCUT2D eigenvalue weighted by Crippen LogP contribution is -2.31. The molecule has 5 rings (SSSR count). The molecule has 1 N–H and O–H groups in total. The first-order valence-electron chi connectivity index (χ1n) is 11.2. The number of ether oxygens (including phenoxy) is 2. The lowest BCUT2D eigenvalue weighted by molar-refractivity contribution is -0.117. The molecule has 1 aliphatic rings. The first-order chi connectivity index (χ1) is 17.8. The number of esters is 1. The number of benzene rings is 3. The number of para-hydroxylation sites is 1. The summed E-state index contributed by atoms with van der Waals surface area (Å²) in [6.45, 7) is 0. The normalized spacial score (nSPS) is 15.4. The molecule has 186 valence electrons. The van der Waals surface area contributed by atoms with Gasteiger partial charge in [0.05, 0.1) is 31.4 Å². The van der Waals surface area contributed by atoms with Gasteiger partial charge in [0.15, 0.2) is 11.5 Å². The number of furan rings is 1. The predicted octanol–water partition coefficient (Wildman–Crippen LogP) is 5.66. The molecule has 1 atom stereocenters. The standard InChI is InChI=1S/C28H20ClNO7/c1-35-21-9-4-3-8-19(21)24-23(25(31)22-14-16-12-17(29)10-11-20(16)37-22)26(32)27(33)30(24)18-7-5-6-15(13-18)28(34)36-2/h3-14,24,32H,1-2H3. The monoisotopic (exact) mass is 517 g/mol. The zero-order chi connectivity index (χ0) is 26.3. The average Bonchev–Trinajstić information content (AvgIpc) is 3.46. The first-order valence-corrected chi connectivity index (χ1v) is 11.5. The molecule has 0 saturated carbocycles. The molecule has 1 amide bonds. The number of hydrogen-bond donors (Lipinski definition) is 1. The Hall–Kier alpha value is -4.56. The molecule has 0 bridgehead atoms. The fraction of sp³-hybridized carbons (Fsp3) is 0.107. The third-order valence-corrected chi connectivity index (χ3v) is 6.37. The second-order valence-electron chi connectivity index (χ2n) is 8.25. The van der Waals surface area contributed by atoms with E-state index < -0.39 is 29.5 Å². The maximum Gasteiger partial charge on any atom is 0.337 e. The number of rotatable bonds is 6. The van der Waals surface area contributed by atoms with Gasteiger partial charge in [-0.25, -0.2) is 4.79 Å². The topological polar surface area (TPSA) is 106 Å². The third kappa shape index (κ3) is 4.11. The van der Waals surface area contributed by atoms with Crippen LogP contribution < -0.4 is 9.64 Å². The molecule has 4 aromatic rings. The molecule has 1 unspecified atom stereocenters. The van der Waals surface area contributed by atoms with Gasteiger partial charge in [0.2, 0.25) is 5.78 Å². The quantitative estimate of drug-likeness (QED) is 0.259. The molecule has 0 aliphatic carbocycles. The molecule has 0 saturated heterocycles. The van der Waals surface area contributed by atoms with E-state index in [1.54, 1.807) is 54.6 Å². The maximum absolute atomic E-state index is 13.8. The van der Waals surface area contributed by atoms with Crippen LogP contribution in [0.1, 0.15) is 32.5 Å². The van der Waals surface area contributed by atoms with E-state index in [0.717, 1.165) is 0 Å². The van der Waals surface area contributed by atoms with Crippen molar-refractivity contribution in [3.8, 4) is 5.75 Å². The summed E-state index contributed by atoms with van der Waals surface area (Å²) >= 11 is 6.07. The summed E-state index contributed by atoms with van der Waals surface area (Å²) in [5.74, 6) is -2.51. The second kappa shape index (κ2) is 9.48. The number of amides is 1. The van der Waals surface area contributed by atoms with Crippen LogP contribution in [0.25, 0.3) is 11.0 Å². The minimum absolute atomic E-state index is 0.0725. The number of aliphatic hydroxyl groups excluding tert-OH is 1. The summed E-state index contributed by atoms with van der Waals surface area (Å²) in [5.41, 5.74) is 1.15. The fourth-order valence-electron chi connectivity index (χ4n) is 4.45. The number of carbonyl (C=O) groups excluding carboxylic acids is 3. The lowest BCUT2D eigenvalue weighted by Gasteiger charge is -2.28. The van der Waals surface area contributed by atoms with Crippen LogP contribution >= 0.6 is 11.6 Å². The molecule has 2 heterocycles. The van der Waals surface area contributed by atoms with E-state index in [1.807, 2.05) is 0 Å². The molecule has 9 heteroatoms. The van der Waals surface area contributed by atoms with Gasteiger partial charge in [-0.3, -0.25) is 14.5 Å². The summed E-state index contributed by atoms with van der Waals surface area (Å²) < 4.78 is 16.1. The van der Waals surface area contributed by atoms with Crippen molar-refractivity contribution in [1.29, 1.82) is 0 Å². The van der Waals surface area contributed by atoms with Gasteiger partial charge in [-0.1, -0.05) is 35.9 Å². The fourth-order valence-corrected chi connectivity index (χ4v) is 4.63. The smallest absolute Gasteiger partial charge is 0.337 e. The minimum Gasteiger partial charge on any atom is -0.503 e. The zero-order valence-electron chi connectivity index (χ0n) is 19.7. The summed E-state index contributed by atoms with van der Waals surface area (Å²) in [7, 11) is 2.71. The zero-order valence-corrected chi connectivity index (χ0v) is 20.5. The molecule has 1 aliphatic heterocycles. The van der Waals surface area contributed by atoms with Gasteiger partial charge in [0.25, 0.3) is 5.91 Å². The van der Waals surface area contributed by atoms with E-state index in [0.29, 0.717) is 27.3 Å². The van der Waals surface area contributed by atoms with Crippen molar-refractivity contribution < 1.29 is 33.4 Å². The van der Waals surface area contributed by atoms with Gasteiger partial charge < -0.3 is 19.0 Å². The Bertz CT molecular complexity index is 1600. The van der Waals surface area contributed by atoms with Crippen molar-refractivity contribution in [1.82, 2.24) is 0 Å². The summed E-state index contributed by atoms with van der Waals surface area (Å²) in [6, 6.07) is 18.3. The Labute approximate surface area is 216 Å². The van der Waals surface area contributed by atoms with Gasteiger partial charge in [-0.2, -0.15) is 0 Å². The van der Waals surface area contributed by atoms with Gasteiger partial charge in [-0.15, -0.1) is 0 Å². The highest BCUT2D eigenvalue weighted by molar-refractivity contribution is 6.31. The van der Waals surface area contributed by atoms with Crippen LogP contribution in [-0.4, -0.2) is 37.0 Å². The molecular formula is C28H20ClNO7. The number of nitrogens with zero attached hydrogens (tertiary/aromatic N) is 1. The summed E-state index contributed by atoms with van der Waals surface area (Å²) in [5, 5.41) is 12.1. The van der Waals surface area contributed by atoms with Gasteiger partial charge in [0.1, 0.15) is 11.3 Å². The number of Topliss-reactive ketones (excluding diaryl/α,β-unsaturated/α-hetero) is 1. The molecular weight excluding hydrogens is 498 g/mol. The molecule has 0 spiro atoms. The van der Waals surface area contributed by atoms with Crippen molar-refractivity contribution in [2.45, 2.75) is 6.04 Å². The van der Waals surface area contributed by atoms with Crippen LogP contribution in [0.3, 0.4) is 0 Å². The number of anilines is 1. The number of carbonyl (C=O) groups is 3. The molecule has 0 radical (unpaired) electrons. The Kier molecular flexibility index (Phi) is 6.19.